The van der Waals surface area contributed by atoms with Crippen molar-refractivity contribution in [2.24, 2.45) is 0 Å². The number of carbonyl (C=O) groups excluding carboxylic acids is 1. The molecule has 1 fully saturated rings. The molecule has 0 spiro atoms. The number of nitrogens with one attached hydrogen (secondary N) is 1. The molecule has 1 amide bonds. The maximum absolute atomic E-state index is 12.9. The molecular weight excluding hydrogens is 402 g/mol. The van der Waals surface area contributed by atoms with Crippen molar-refractivity contribution in [3.63, 3.8) is 0 Å². The fourth-order valence-corrected chi connectivity index (χ4v) is 3.75. The molecule has 3 aromatic rings. The van der Waals surface area contributed by atoms with Gasteiger partial charge in [0.05, 0.1) is 23.9 Å². The molecule has 1 N–H and O–H groups in total. The lowest BCUT2D eigenvalue weighted by Gasteiger charge is -2.29. The Morgan fingerprint density at radius 3 is 2.53 bits per heavy atom. The minimum Gasteiger partial charge on any atom is -0.378 e. The normalized spacial score (nSPS) is 14.1. The monoisotopic (exact) mass is 425 g/mol. The van der Waals surface area contributed by atoms with Gasteiger partial charge in [-0.15, -0.1) is 0 Å². The molecule has 0 saturated carbocycles. The molecule has 0 radical (unpaired) electrons. The molecule has 2 aromatic heterocycles. The van der Waals surface area contributed by atoms with Gasteiger partial charge in [0.25, 0.3) is 5.91 Å². The van der Waals surface area contributed by atoms with Gasteiger partial charge in [0.1, 0.15) is 5.69 Å². The van der Waals surface area contributed by atoms with Gasteiger partial charge in [-0.25, -0.2) is 9.67 Å². The second-order valence-corrected chi connectivity index (χ2v) is 7.80. The van der Waals surface area contributed by atoms with E-state index in [1.807, 2.05) is 39.0 Å². The summed E-state index contributed by atoms with van der Waals surface area (Å²) in [5.74, 6) is 0.195. The zero-order chi connectivity index (χ0) is 21.3. The van der Waals surface area contributed by atoms with E-state index in [0.717, 1.165) is 54.6 Å². The van der Waals surface area contributed by atoms with E-state index in [-0.39, 0.29) is 11.6 Å². The summed E-state index contributed by atoms with van der Waals surface area (Å²) < 4.78 is 7.11. The van der Waals surface area contributed by atoms with Crippen LogP contribution in [0.4, 0.5) is 11.4 Å². The first-order valence-corrected chi connectivity index (χ1v) is 10.2. The molecular formula is C22H24ClN5O2. The number of aromatic nitrogens is 3. The molecule has 1 aliphatic rings. The molecule has 156 valence electrons. The van der Waals surface area contributed by atoms with Gasteiger partial charge in [-0.3, -0.25) is 4.79 Å². The lowest BCUT2D eigenvalue weighted by Crippen LogP contribution is -2.36. The predicted molar refractivity (Wildman–Crippen MR) is 118 cm³/mol. The van der Waals surface area contributed by atoms with E-state index in [9.17, 15) is 4.79 Å². The number of halogens is 1. The Kier molecular flexibility index (Phi) is 5.74. The second kappa shape index (κ2) is 8.45. The smallest absolute Gasteiger partial charge is 0.275 e. The van der Waals surface area contributed by atoms with E-state index >= 15 is 0 Å². The van der Waals surface area contributed by atoms with Crippen molar-refractivity contribution in [2.45, 2.75) is 20.8 Å². The Morgan fingerprint density at radius 2 is 1.87 bits per heavy atom. The van der Waals surface area contributed by atoms with Crippen molar-refractivity contribution in [1.82, 2.24) is 14.8 Å². The van der Waals surface area contributed by atoms with Crippen molar-refractivity contribution >= 4 is 28.9 Å². The van der Waals surface area contributed by atoms with E-state index in [4.69, 9.17) is 16.3 Å². The maximum atomic E-state index is 12.9. The number of benzene rings is 1. The van der Waals surface area contributed by atoms with Gasteiger partial charge in [0, 0.05) is 30.2 Å². The minimum atomic E-state index is -0.356. The fourth-order valence-electron chi connectivity index (χ4n) is 3.56. The van der Waals surface area contributed by atoms with Crippen LogP contribution in [-0.4, -0.2) is 47.0 Å². The first-order valence-electron chi connectivity index (χ1n) is 9.87. The van der Waals surface area contributed by atoms with E-state index in [2.05, 4.69) is 26.4 Å². The van der Waals surface area contributed by atoms with Crippen LogP contribution in [0.1, 0.15) is 27.4 Å². The summed E-state index contributed by atoms with van der Waals surface area (Å²) in [6.07, 6.45) is 0. The Bertz CT molecular complexity index is 1090. The van der Waals surface area contributed by atoms with E-state index < -0.39 is 0 Å². The Labute approximate surface area is 180 Å². The number of nitrogens with zero attached hydrogens (tertiary/aromatic N) is 4. The molecule has 0 bridgehead atoms. The quantitative estimate of drug-likeness (QED) is 0.685. The van der Waals surface area contributed by atoms with Crippen molar-refractivity contribution in [3.05, 3.63) is 64.1 Å². The highest BCUT2D eigenvalue weighted by molar-refractivity contribution is 6.34. The Morgan fingerprint density at radius 1 is 1.10 bits per heavy atom. The Hall–Kier alpha value is -2.90. The zero-order valence-electron chi connectivity index (χ0n) is 17.3. The largest absolute Gasteiger partial charge is 0.378 e. The van der Waals surface area contributed by atoms with Gasteiger partial charge >= 0.3 is 0 Å². The summed E-state index contributed by atoms with van der Waals surface area (Å²) in [7, 11) is 0. The first-order chi connectivity index (χ1) is 14.4. The number of morpholine rings is 1. The summed E-state index contributed by atoms with van der Waals surface area (Å²) >= 11 is 6.28. The SMILES string of the molecule is Cc1cc(C)n(-c2ccc(Cl)c(C(=O)Nc3ccc(N4CCOCC4)cc3C)n2)n1. The fraction of sp³-hybridized carbons (Fsp3) is 0.318. The number of hydrogen-bond acceptors (Lipinski definition) is 5. The van der Waals surface area contributed by atoms with Gasteiger partial charge in [0.15, 0.2) is 5.82 Å². The number of aryl methyl sites for hydroxylation is 3. The van der Waals surface area contributed by atoms with Crippen LogP contribution in [0, 0.1) is 20.8 Å². The zero-order valence-corrected chi connectivity index (χ0v) is 18.0. The average Bonchev–Trinajstić information content (AvgIpc) is 3.08. The second-order valence-electron chi connectivity index (χ2n) is 7.39. The molecule has 1 aliphatic heterocycles. The number of anilines is 2. The van der Waals surface area contributed by atoms with Crippen molar-refractivity contribution in [1.29, 1.82) is 0 Å². The van der Waals surface area contributed by atoms with Crippen molar-refractivity contribution < 1.29 is 9.53 Å². The third kappa shape index (κ3) is 4.17. The maximum Gasteiger partial charge on any atom is 0.275 e. The van der Waals surface area contributed by atoms with Crippen molar-refractivity contribution in [3.8, 4) is 5.82 Å². The van der Waals surface area contributed by atoms with Crippen LogP contribution in [0.25, 0.3) is 5.82 Å². The van der Waals surface area contributed by atoms with Gasteiger partial charge in [-0.2, -0.15) is 5.10 Å². The molecule has 30 heavy (non-hydrogen) atoms. The van der Waals surface area contributed by atoms with Crippen LogP contribution in [0.15, 0.2) is 36.4 Å². The third-order valence-corrected chi connectivity index (χ3v) is 5.41. The topological polar surface area (TPSA) is 72.3 Å². The summed E-state index contributed by atoms with van der Waals surface area (Å²) in [6, 6.07) is 11.4. The standard InChI is InChI=1S/C22H24ClN5O2/c1-14-12-17(27-8-10-30-11-9-27)4-6-19(14)24-22(29)21-18(23)5-7-20(25-21)28-16(3)13-15(2)26-28/h4-7,12-13H,8-11H2,1-3H3,(H,24,29). The molecule has 3 heterocycles. The molecule has 7 nitrogen and oxygen atoms in total. The van der Waals surface area contributed by atoms with Gasteiger partial charge < -0.3 is 15.0 Å². The highest BCUT2D eigenvalue weighted by Crippen LogP contribution is 2.25. The average molecular weight is 426 g/mol. The molecule has 1 aromatic carbocycles. The molecule has 0 atom stereocenters. The van der Waals surface area contributed by atoms with E-state index in [1.165, 1.54) is 0 Å². The first kappa shape index (κ1) is 20.4. The van der Waals surface area contributed by atoms with Gasteiger partial charge in [0.2, 0.25) is 0 Å². The summed E-state index contributed by atoms with van der Waals surface area (Å²) in [6.45, 7) is 9.01. The highest BCUT2D eigenvalue weighted by atomic mass is 35.5. The van der Waals surface area contributed by atoms with Crippen LogP contribution < -0.4 is 10.2 Å². The predicted octanol–water partition coefficient (Wildman–Crippen LogP) is 3.93. The van der Waals surface area contributed by atoms with Crippen molar-refractivity contribution in [2.75, 3.05) is 36.5 Å². The van der Waals surface area contributed by atoms with Crippen LogP contribution in [-0.2, 0) is 4.74 Å². The lowest BCUT2D eigenvalue weighted by molar-refractivity contribution is 0.102. The highest BCUT2D eigenvalue weighted by Gasteiger charge is 2.17. The van der Waals surface area contributed by atoms with Gasteiger partial charge in [-0.1, -0.05) is 11.6 Å². The summed E-state index contributed by atoms with van der Waals surface area (Å²) in [5, 5.41) is 7.66. The lowest BCUT2D eigenvalue weighted by atomic mass is 10.1. The van der Waals surface area contributed by atoms with Gasteiger partial charge in [-0.05, 0) is 62.7 Å². The summed E-state index contributed by atoms with van der Waals surface area (Å²) in [5.41, 5.74) is 4.80. The Balaban J connectivity index is 1.56. The third-order valence-electron chi connectivity index (χ3n) is 5.11. The van der Waals surface area contributed by atoms with Crippen LogP contribution in [0.2, 0.25) is 5.02 Å². The number of carbonyl (C=O) groups is 1. The summed E-state index contributed by atoms with van der Waals surface area (Å²) in [4.78, 5) is 19.7. The molecule has 8 heteroatoms. The number of ether oxygens (including phenoxy) is 1. The molecule has 0 unspecified atom stereocenters. The van der Waals surface area contributed by atoms with Crippen LogP contribution >= 0.6 is 11.6 Å². The van der Waals surface area contributed by atoms with Crippen LogP contribution in [0.3, 0.4) is 0 Å². The van der Waals surface area contributed by atoms with E-state index in [1.54, 1.807) is 16.8 Å². The number of hydrogen-bond donors (Lipinski definition) is 1. The number of amides is 1. The number of pyridine rings is 1. The minimum absolute atomic E-state index is 0.165. The van der Waals surface area contributed by atoms with Crippen LogP contribution in [0.5, 0.6) is 0 Å². The number of rotatable bonds is 4. The molecule has 4 rings (SSSR count). The molecule has 1 saturated heterocycles. The van der Waals surface area contributed by atoms with E-state index in [0.29, 0.717) is 10.8 Å². The molecule has 0 aliphatic carbocycles.